The Balaban J connectivity index is 1.60. The number of rotatable bonds is 6. The molecule has 6 nitrogen and oxygen atoms in total. The lowest BCUT2D eigenvalue weighted by atomic mass is 10.1. The molecule has 29 heavy (non-hydrogen) atoms. The van der Waals surface area contributed by atoms with Gasteiger partial charge in [0.2, 0.25) is 0 Å². The first-order valence-corrected chi connectivity index (χ1v) is 9.53. The van der Waals surface area contributed by atoms with E-state index in [2.05, 4.69) is 10.6 Å². The summed E-state index contributed by atoms with van der Waals surface area (Å²) in [6.45, 7) is 1.55. The van der Waals surface area contributed by atoms with Gasteiger partial charge in [-0.15, -0.1) is 0 Å². The summed E-state index contributed by atoms with van der Waals surface area (Å²) in [5.41, 5.74) is 2.19. The Hall–Kier alpha value is -2.87. The molecule has 2 aromatic carbocycles. The Morgan fingerprint density at radius 3 is 2.72 bits per heavy atom. The van der Waals surface area contributed by atoms with E-state index in [9.17, 15) is 4.79 Å². The van der Waals surface area contributed by atoms with Crippen LogP contribution >= 0.6 is 23.8 Å². The Labute approximate surface area is 178 Å². The minimum atomic E-state index is -0.392. The SMILES string of the molecule is Cc1ccccc1OCC(=O)NC(=S)Nc1cc(-c2ccc(CO)o2)ccc1Cl. The first-order valence-electron chi connectivity index (χ1n) is 8.75. The van der Waals surface area contributed by atoms with Crippen LogP contribution in [0.1, 0.15) is 11.3 Å². The summed E-state index contributed by atoms with van der Waals surface area (Å²) in [6.07, 6.45) is 0. The highest BCUT2D eigenvalue weighted by Crippen LogP contribution is 2.30. The summed E-state index contributed by atoms with van der Waals surface area (Å²) in [5.74, 6) is 1.28. The number of benzene rings is 2. The Morgan fingerprint density at radius 2 is 2.00 bits per heavy atom. The van der Waals surface area contributed by atoms with Crippen LogP contribution in [0, 0.1) is 6.92 Å². The number of hydrogen-bond acceptors (Lipinski definition) is 5. The first-order chi connectivity index (χ1) is 14.0. The molecule has 8 heteroatoms. The fourth-order valence-electron chi connectivity index (χ4n) is 2.57. The van der Waals surface area contributed by atoms with Gasteiger partial charge in [-0.25, -0.2) is 0 Å². The average molecular weight is 431 g/mol. The summed E-state index contributed by atoms with van der Waals surface area (Å²) in [5, 5.41) is 15.1. The maximum absolute atomic E-state index is 12.1. The van der Waals surface area contributed by atoms with Gasteiger partial charge in [-0.1, -0.05) is 29.8 Å². The van der Waals surface area contributed by atoms with Crippen molar-refractivity contribution >= 4 is 40.5 Å². The predicted molar refractivity (Wildman–Crippen MR) is 116 cm³/mol. The number of ether oxygens (including phenoxy) is 1. The number of aryl methyl sites for hydroxylation is 1. The maximum atomic E-state index is 12.1. The molecule has 0 aliphatic rings. The molecule has 3 aromatic rings. The second-order valence-electron chi connectivity index (χ2n) is 6.18. The van der Waals surface area contributed by atoms with Gasteiger partial charge in [-0.05, 0) is 61.1 Å². The van der Waals surface area contributed by atoms with Crippen LogP contribution in [0.25, 0.3) is 11.3 Å². The van der Waals surface area contributed by atoms with Gasteiger partial charge >= 0.3 is 0 Å². The fourth-order valence-corrected chi connectivity index (χ4v) is 2.96. The highest BCUT2D eigenvalue weighted by atomic mass is 35.5. The van der Waals surface area contributed by atoms with E-state index in [1.807, 2.05) is 25.1 Å². The molecule has 0 aliphatic heterocycles. The molecular formula is C21H19ClN2O4S. The average Bonchev–Trinajstić information content (AvgIpc) is 3.18. The zero-order valence-electron chi connectivity index (χ0n) is 15.6. The van der Waals surface area contributed by atoms with Crippen molar-refractivity contribution in [1.29, 1.82) is 0 Å². The maximum Gasteiger partial charge on any atom is 0.264 e. The third kappa shape index (κ3) is 5.57. The molecule has 0 saturated heterocycles. The number of anilines is 1. The minimum absolute atomic E-state index is 0.0953. The first kappa shape index (κ1) is 20.9. The van der Waals surface area contributed by atoms with Crippen molar-refractivity contribution in [3.63, 3.8) is 0 Å². The van der Waals surface area contributed by atoms with E-state index >= 15 is 0 Å². The number of aliphatic hydroxyl groups excluding tert-OH is 1. The van der Waals surface area contributed by atoms with Gasteiger partial charge in [0.1, 0.15) is 23.9 Å². The van der Waals surface area contributed by atoms with Gasteiger partial charge in [0.05, 0.1) is 10.7 Å². The van der Waals surface area contributed by atoms with Crippen molar-refractivity contribution in [3.05, 3.63) is 70.9 Å². The van der Waals surface area contributed by atoms with E-state index in [-0.39, 0.29) is 18.3 Å². The van der Waals surface area contributed by atoms with Gasteiger partial charge in [-0.3, -0.25) is 10.1 Å². The molecule has 0 radical (unpaired) electrons. The summed E-state index contributed by atoms with van der Waals surface area (Å²) in [6, 6.07) is 16.1. The van der Waals surface area contributed by atoms with Gasteiger partial charge in [0.25, 0.3) is 5.91 Å². The van der Waals surface area contributed by atoms with Crippen LogP contribution < -0.4 is 15.4 Å². The molecule has 1 heterocycles. The van der Waals surface area contributed by atoms with Crippen LogP contribution in [0.5, 0.6) is 5.75 Å². The molecule has 0 bridgehead atoms. The number of furan rings is 1. The number of carbonyl (C=O) groups is 1. The summed E-state index contributed by atoms with van der Waals surface area (Å²) in [7, 11) is 0. The van der Waals surface area contributed by atoms with E-state index in [0.29, 0.717) is 28.0 Å². The van der Waals surface area contributed by atoms with Crippen molar-refractivity contribution in [3.8, 4) is 17.1 Å². The van der Waals surface area contributed by atoms with Crippen molar-refractivity contribution in [2.45, 2.75) is 13.5 Å². The fraction of sp³-hybridized carbons (Fsp3) is 0.143. The molecule has 0 unspecified atom stereocenters. The van der Waals surface area contributed by atoms with Crippen LogP contribution in [0.2, 0.25) is 5.02 Å². The Kier molecular flexibility index (Phi) is 6.87. The van der Waals surface area contributed by atoms with Crippen molar-refractivity contribution in [1.82, 2.24) is 5.32 Å². The van der Waals surface area contributed by atoms with Crippen molar-refractivity contribution in [2.75, 3.05) is 11.9 Å². The van der Waals surface area contributed by atoms with Gasteiger partial charge in [0.15, 0.2) is 11.7 Å². The van der Waals surface area contributed by atoms with Crippen LogP contribution in [0.15, 0.2) is 59.0 Å². The number of halogens is 1. The molecule has 1 amide bonds. The van der Waals surface area contributed by atoms with Crippen LogP contribution in [0.4, 0.5) is 5.69 Å². The van der Waals surface area contributed by atoms with E-state index in [1.54, 1.807) is 36.4 Å². The van der Waals surface area contributed by atoms with Crippen LogP contribution in [-0.2, 0) is 11.4 Å². The number of nitrogens with one attached hydrogen (secondary N) is 2. The monoisotopic (exact) mass is 430 g/mol. The van der Waals surface area contributed by atoms with E-state index < -0.39 is 5.91 Å². The molecule has 3 N–H and O–H groups in total. The number of hydrogen-bond donors (Lipinski definition) is 3. The van der Waals surface area contributed by atoms with Gasteiger partial charge < -0.3 is 19.6 Å². The number of thiocarbonyl (C=S) groups is 1. The van der Waals surface area contributed by atoms with E-state index in [4.69, 9.17) is 38.1 Å². The molecule has 0 atom stereocenters. The molecule has 0 saturated carbocycles. The lowest BCUT2D eigenvalue weighted by Gasteiger charge is -2.13. The van der Waals surface area contributed by atoms with E-state index in [0.717, 1.165) is 11.1 Å². The summed E-state index contributed by atoms with van der Waals surface area (Å²) in [4.78, 5) is 12.1. The van der Waals surface area contributed by atoms with Gasteiger partial charge in [0, 0.05) is 5.56 Å². The normalized spacial score (nSPS) is 10.4. The summed E-state index contributed by atoms with van der Waals surface area (Å²) < 4.78 is 11.0. The second-order valence-corrected chi connectivity index (χ2v) is 6.99. The molecule has 0 fully saturated rings. The van der Waals surface area contributed by atoms with Crippen molar-refractivity contribution < 1.29 is 19.1 Å². The quantitative estimate of drug-likeness (QED) is 0.506. The Bertz CT molecular complexity index is 1040. The van der Waals surface area contributed by atoms with E-state index in [1.165, 1.54) is 0 Å². The molecule has 1 aromatic heterocycles. The Morgan fingerprint density at radius 1 is 1.21 bits per heavy atom. The van der Waals surface area contributed by atoms with Crippen LogP contribution in [-0.4, -0.2) is 22.7 Å². The number of para-hydroxylation sites is 1. The predicted octanol–water partition coefficient (Wildman–Crippen LogP) is 4.29. The lowest BCUT2D eigenvalue weighted by molar-refractivity contribution is -0.121. The number of carbonyl (C=O) groups excluding carboxylic acids is 1. The number of aliphatic hydroxyl groups is 1. The third-order valence-electron chi connectivity index (χ3n) is 4.02. The topological polar surface area (TPSA) is 83.7 Å². The smallest absolute Gasteiger partial charge is 0.264 e. The highest BCUT2D eigenvalue weighted by molar-refractivity contribution is 7.80. The minimum Gasteiger partial charge on any atom is -0.483 e. The lowest BCUT2D eigenvalue weighted by Crippen LogP contribution is -2.37. The summed E-state index contributed by atoms with van der Waals surface area (Å²) >= 11 is 11.4. The van der Waals surface area contributed by atoms with Crippen molar-refractivity contribution in [2.24, 2.45) is 0 Å². The van der Waals surface area contributed by atoms with Gasteiger partial charge in [-0.2, -0.15) is 0 Å². The molecular weight excluding hydrogens is 412 g/mol. The standard InChI is InChI=1S/C21H19ClN2O4S/c1-13-4-2-3-5-18(13)27-12-20(26)24-21(29)23-17-10-14(6-8-16(17)22)19-9-7-15(11-25)28-19/h2-10,25H,11-12H2,1H3,(H2,23,24,26,29). The third-order valence-corrected chi connectivity index (χ3v) is 4.56. The zero-order valence-corrected chi connectivity index (χ0v) is 17.1. The molecule has 150 valence electrons. The molecule has 0 aliphatic carbocycles. The largest absolute Gasteiger partial charge is 0.483 e. The second kappa shape index (κ2) is 9.56. The number of amides is 1. The highest BCUT2D eigenvalue weighted by Gasteiger charge is 2.11. The molecule has 3 rings (SSSR count). The zero-order chi connectivity index (χ0) is 20.8. The molecule has 0 spiro atoms. The van der Waals surface area contributed by atoms with Crippen LogP contribution in [0.3, 0.4) is 0 Å².